The first-order valence-corrected chi connectivity index (χ1v) is 25.4. The van der Waals surface area contributed by atoms with Gasteiger partial charge in [0, 0.05) is 64.9 Å². The third-order valence-electron chi connectivity index (χ3n) is 14.5. The molecule has 0 spiro atoms. The van der Waals surface area contributed by atoms with Gasteiger partial charge in [-0.2, -0.15) is 0 Å². The molecule has 70 heavy (non-hydrogen) atoms. The van der Waals surface area contributed by atoms with Crippen molar-refractivity contribution in [1.82, 2.24) is 9.96 Å². The van der Waals surface area contributed by atoms with Crippen molar-refractivity contribution in [3.63, 3.8) is 0 Å². The molecular weight excluding hydrogens is 931 g/mol. The number of methoxy groups -OCH3 is 3. The molecule has 4 heterocycles. The molecule has 0 aromatic rings. The Morgan fingerprint density at radius 1 is 0.986 bits per heavy atom. The van der Waals surface area contributed by atoms with Gasteiger partial charge in [-0.05, 0) is 116 Å². The van der Waals surface area contributed by atoms with E-state index in [2.05, 4.69) is 0 Å². The number of carbonyl (C=O) groups is 7. The first-order valence-electron chi connectivity index (χ1n) is 26.1. The Morgan fingerprint density at radius 3 is 2.36 bits per heavy atom. The van der Waals surface area contributed by atoms with Crippen LogP contribution < -0.4 is 0 Å². The summed E-state index contributed by atoms with van der Waals surface area (Å²) in [6, 6.07) is -1.25. The number of ketones is 2. The Labute approximate surface area is 421 Å². The Hall–Kier alpha value is -3.70. The normalized spacial score (nSPS) is 37.2. The number of piperidine rings is 1. The minimum absolute atomic E-state index is 0.00899. The first kappa shape index (κ1) is 52.6. The van der Waals surface area contributed by atoms with Crippen molar-refractivity contribution in [2.75, 3.05) is 40.1 Å². The summed E-state index contributed by atoms with van der Waals surface area (Å²) in [5.74, 6) is -10.6. The molecule has 392 valence electrons. The number of aliphatic hydroxyl groups excluding tert-OH is 1. The molecule has 3 amide bonds. The van der Waals surface area contributed by atoms with Gasteiger partial charge >= 0.3 is 12.1 Å². The number of rotatable bonds is 14. The molecule has 3 saturated heterocycles. The van der Waals surface area contributed by atoms with Crippen molar-refractivity contribution < 1.29 is 81.2 Å². The number of esters is 1. The number of imide groups is 1. The van der Waals surface area contributed by atoms with E-state index in [-0.39, 0.29) is 81.4 Å². The number of nitrogens with zero attached hydrogens (tertiary/aromatic N) is 2. The third kappa shape index (κ3) is 14.3. The lowest BCUT2D eigenvalue weighted by molar-refractivity contribution is -0.302. The fourth-order valence-electron chi connectivity index (χ4n) is 10.5. The van der Waals surface area contributed by atoms with Gasteiger partial charge in [0.05, 0.1) is 37.1 Å². The number of allylic oxidation sites excluding steroid dienone is 3. The summed E-state index contributed by atoms with van der Waals surface area (Å²) in [5, 5.41) is 17.9. The molecule has 19 nitrogen and oxygen atoms in total. The van der Waals surface area contributed by atoms with Crippen LogP contribution in [0.5, 0.6) is 0 Å². The van der Waals surface area contributed by atoms with E-state index in [9.17, 15) is 38.7 Å². The number of ether oxygens (including phenoxy) is 6. The summed E-state index contributed by atoms with van der Waals surface area (Å²) in [6.45, 7) is 8.45. The molecule has 5 rings (SSSR count). The van der Waals surface area contributed by atoms with Crippen molar-refractivity contribution >= 4 is 61.2 Å². The van der Waals surface area contributed by atoms with E-state index >= 15 is 0 Å². The summed E-state index contributed by atoms with van der Waals surface area (Å²) >= 11 is 1.05. The van der Waals surface area contributed by atoms with E-state index in [0.29, 0.717) is 55.6 Å². The smallest absolute Gasteiger partial charge is 0.456 e. The van der Waals surface area contributed by atoms with Crippen LogP contribution in [0.1, 0.15) is 118 Å². The summed E-state index contributed by atoms with van der Waals surface area (Å²) in [6.07, 6.45) is 0.0386. The maximum Gasteiger partial charge on any atom is 0.533 e. The lowest BCUT2D eigenvalue weighted by Gasteiger charge is -2.47. The average Bonchev–Trinajstić information content (AvgIpc) is 3.67. The van der Waals surface area contributed by atoms with Gasteiger partial charge in [-0.3, -0.25) is 28.8 Å². The standard InChI is InChI=1S/C49H75BN2O17S/c1-27-19-28(2)21-39(63-7)44-40(64-8)23-30(4)49(61,67-44)45(57)46(58)51-17-10-9-11-34(51)47(59)66-43(29(3)22-32-12-13-37(69-70-26-50)38(24-32)62-6)31(5)35(53)25-36(54)33(20-27)16-18-65-48(60)68-52-41(55)14-15-42(52)56/h20,22,28,30-35,37-40,43-44,53,61H,9-19,21,23-26,50H2,1-8H3/b27-20+,29-22+/t28-,30+,31+,32-,33+,34?,35-,37+,38+,39-,40-,43+,44?,49+/m0/s1/i50TD,53T. The summed E-state index contributed by atoms with van der Waals surface area (Å²) < 4.78 is 64.8. The Balaban J connectivity index is 1.52. The highest BCUT2D eigenvalue weighted by molar-refractivity contribution is 7.95. The van der Waals surface area contributed by atoms with Crippen molar-refractivity contribution in [3.05, 3.63) is 23.3 Å². The molecule has 1 saturated carbocycles. The first-order chi connectivity index (χ1) is 34.6. The molecule has 2 unspecified atom stereocenters. The highest BCUT2D eigenvalue weighted by Crippen LogP contribution is 2.40. The SMILES string of the molecule is [2H]B([3H])CSO[C@@H]1CC[C@@H](/C=C(\C)[C@H]2OC(=O)C3CCCCN3C(=O)C(=O)[C@]3(O)OC([C@@H](OC)C[C@@H](C)C/C(C)=C/[C@@H](CCOC(=O)ON4C(=O)CCC4=O)C(=O)C[C@H](O[3H])[C@H]2C)[C@@H](OC)C[C@H]3C)C[C@H]1OC. The van der Waals surface area contributed by atoms with Crippen molar-refractivity contribution in [2.45, 2.75) is 173 Å². The maximum absolute atomic E-state index is 14.7. The molecule has 1 aliphatic carbocycles. The molecule has 21 heteroatoms. The number of amides is 3. The van der Waals surface area contributed by atoms with Crippen molar-refractivity contribution in [2.24, 2.45) is 29.6 Å². The van der Waals surface area contributed by atoms with E-state index in [4.69, 9.17) is 46.7 Å². The number of Topliss-reactive ketones (excluding diaryl/α,β-unsaturated/α-hetero) is 2. The summed E-state index contributed by atoms with van der Waals surface area (Å²) in [5.41, 5.74) is 1.48. The zero-order chi connectivity index (χ0) is 53.7. The van der Waals surface area contributed by atoms with E-state index in [1.807, 2.05) is 19.9 Å². The number of hydroxylamine groups is 2. The van der Waals surface area contributed by atoms with E-state index in [0.717, 1.165) is 22.5 Å². The topological polar surface area (TPSA) is 240 Å². The predicted molar refractivity (Wildman–Crippen MR) is 256 cm³/mol. The van der Waals surface area contributed by atoms with Crippen LogP contribution in [0.25, 0.3) is 0 Å². The van der Waals surface area contributed by atoms with Crippen LogP contribution in [0, 0.1) is 29.6 Å². The zero-order valence-corrected chi connectivity index (χ0v) is 42.6. The lowest BCUT2D eigenvalue weighted by Crippen LogP contribution is -2.64. The highest BCUT2D eigenvalue weighted by atomic mass is 32.2. The Morgan fingerprint density at radius 2 is 1.69 bits per heavy atom. The maximum atomic E-state index is 14.7. The fourth-order valence-corrected chi connectivity index (χ4v) is 11.0. The van der Waals surface area contributed by atoms with Gasteiger partial charge in [0.1, 0.15) is 31.8 Å². The molecule has 2 bridgehead atoms. The number of hydrogen-bond donors (Lipinski definition) is 2. The minimum Gasteiger partial charge on any atom is -0.456 e. The van der Waals surface area contributed by atoms with E-state index < -0.39 is 109 Å². The second-order valence-corrected chi connectivity index (χ2v) is 20.4. The molecule has 14 atom stereocenters. The van der Waals surface area contributed by atoms with Gasteiger partial charge in [0.15, 0.2) is 0 Å². The molecule has 4 aliphatic heterocycles. The molecule has 4 fully saturated rings. The summed E-state index contributed by atoms with van der Waals surface area (Å²) in [7, 11) is 3.46. The molecule has 5 aliphatic rings. The molecule has 0 radical (unpaired) electrons. The predicted octanol–water partition coefficient (Wildman–Crippen LogP) is 3.93. The number of cyclic esters (lactones) is 1. The van der Waals surface area contributed by atoms with Crippen molar-refractivity contribution in [3.8, 4) is 0 Å². The van der Waals surface area contributed by atoms with Crippen LogP contribution in [-0.4, -0.2) is 168 Å². The minimum atomic E-state index is -2.61. The van der Waals surface area contributed by atoms with E-state index in [1.165, 1.54) is 14.2 Å². The quantitative estimate of drug-likeness (QED) is 0.0626. The monoisotopic (exact) mass is 1010 g/mol. The second kappa shape index (κ2) is 26.3. The van der Waals surface area contributed by atoms with Crippen LogP contribution in [0.15, 0.2) is 23.3 Å². The van der Waals surface area contributed by atoms with Gasteiger partial charge in [-0.1, -0.05) is 43.6 Å². The molecule has 2 N–H and O–H groups in total. The largest absolute Gasteiger partial charge is 0.533 e. The van der Waals surface area contributed by atoms with Gasteiger partial charge < -0.3 is 47.7 Å². The molecule has 0 aromatic carbocycles. The Bertz CT molecular complexity index is 2000. The number of aliphatic hydroxyl groups is 2. The zero-order valence-electron chi connectivity index (χ0n) is 44.8. The van der Waals surface area contributed by atoms with Gasteiger partial charge in [-0.15, -0.1) is 0 Å². The van der Waals surface area contributed by atoms with Gasteiger partial charge in [0.25, 0.3) is 23.5 Å². The molecule has 0 aromatic heterocycles. The summed E-state index contributed by atoms with van der Waals surface area (Å²) in [4.78, 5) is 101. The van der Waals surface area contributed by atoms with Crippen LogP contribution in [-0.2, 0) is 66.2 Å². The lowest BCUT2D eigenvalue weighted by atomic mass is 9.81. The van der Waals surface area contributed by atoms with E-state index in [1.54, 1.807) is 34.0 Å². The van der Waals surface area contributed by atoms with Crippen LogP contribution in [0.3, 0.4) is 0 Å². The highest BCUT2D eigenvalue weighted by Gasteiger charge is 2.56. The Kier molecular flexibility index (Phi) is 19.8. The van der Waals surface area contributed by atoms with Crippen LogP contribution >= 0.6 is 12.0 Å². The van der Waals surface area contributed by atoms with Crippen LogP contribution in [0.2, 0.25) is 0 Å². The third-order valence-corrected chi connectivity index (χ3v) is 15.0. The fraction of sp³-hybridized carbons (Fsp3) is 0.776. The number of carbonyl (C=O) groups excluding carboxylic acids is 7. The molecular formula is C49H75BN2O17S. The van der Waals surface area contributed by atoms with Gasteiger partial charge in [0.2, 0.25) is 7.22 Å². The second-order valence-electron chi connectivity index (χ2n) is 19.6. The van der Waals surface area contributed by atoms with Crippen molar-refractivity contribution in [1.29, 1.82) is 4.10 Å². The number of fused-ring (bicyclic) bond motifs is 3. The van der Waals surface area contributed by atoms with Crippen LogP contribution in [0.4, 0.5) is 4.79 Å². The van der Waals surface area contributed by atoms with Gasteiger partial charge in [-0.25, -0.2) is 9.59 Å². The number of hydrogen-bond acceptors (Lipinski definition) is 18. The average molecular weight is 1010 g/mol.